The lowest BCUT2D eigenvalue weighted by Crippen LogP contribution is -2.40. The normalized spacial score (nSPS) is 14.3. The molecular formula is C20H21FN2O3. The smallest absolute Gasteiger partial charge is 0.354 e. The van der Waals surface area contributed by atoms with Crippen molar-refractivity contribution in [2.45, 2.75) is 38.1 Å². The molecule has 0 unspecified atom stereocenters. The van der Waals surface area contributed by atoms with Crippen LogP contribution in [0.2, 0.25) is 0 Å². The Bertz CT molecular complexity index is 803. The Morgan fingerprint density at radius 1 is 1.19 bits per heavy atom. The predicted molar refractivity (Wildman–Crippen MR) is 94.6 cm³/mol. The van der Waals surface area contributed by atoms with E-state index in [0.717, 1.165) is 31.2 Å². The van der Waals surface area contributed by atoms with Crippen LogP contribution in [-0.4, -0.2) is 39.5 Å². The number of rotatable bonds is 6. The number of carbonyl (C=O) groups excluding carboxylic acids is 1. The summed E-state index contributed by atoms with van der Waals surface area (Å²) in [4.78, 5) is 29.7. The molecule has 3 rings (SSSR count). The number of hydrogen-bond acceptors (Lipinski definition) is 3. The summed E-state index contributed by atoms with van der Waals surface area (Å²) in [6, 6.07) is 9.37. The van der Waals surface area contributed by atoms with E-state index in [9.17, 15) is 14.0 Å². The number of carbonyl (C=O) groups is 2. The predicted octanol–water partition coefficient (Wildman–Crippen LogP) is 3.55. The van der Waals surface area contributed by atoms with Crippen LogP contribution in [0.5, 0.6) is 0 Å². The highest BCUT2D eigenvalue weighted by atomic mass is 19.1. The van der Waals surface area contributed by atoms with Gasteiger partial charge in [-0.3, -0.25) is 4.79 Å². The highest BCUT2D eigenvalue weighted by Gasteiger charge is 2.27. The Hall–Kier alpha value is -2.76. The molecule has 136 valence electrons. The molecule has 1 aliphatic carbocycles. The van der Waals surface area contributed by atoms with E-state index in [1.165, 1.54) is 24.4 Å². The van der Waals surface area contributed by atoms with Gasteiger partial charge in [-0.15, -0.1) is 0 Å². The first-order valence-corrected chi connectivity index (χ1v) is 8.79. The van der Waals surface area contributed by atoms with Crippen molar-refractivity contribution in [1.29, 1.82) is 0 Å². The van der Waals surface area contributed by atoms with Gasteiger partial charge in [0.25, 0.3) is 5.91 Å². The van der Waals surface area contributed by atoms with Crippen molar-refractivity contribution in [3.63, 3.8) is 0 Å². The molecule has 6 heteroatoms. The highest BCUT2D eigenvalue weighted by molar-refractivity contribution is 5.96. The van der Waals surface area contributed by atoms with Gasteiger partial charge in [0, 0.05) is 24.3 Å². The number of carboxylic acids is 1. The largest absolute Gasteiger partial charge is 0.477 e. The van der Waals surface area contributed by atoms with Crippen molar-refractivity contribution in [3.05, 3.63) is 65.2 Å². The summed E-state index contributed by atoms with van der Waals surface area (Å²) < 4.78 is 13.4. The van der Waals surface area contributed by atoms with E-state index in [1.54, 1.807) is 17.0 Å². The van der Waals surface area contributed by atoms with Gasteiger partial charge in [-0.1, -0.05) is 25.0 Å². The van der Waals surface area contributed by atoms with E-state index in [-0.39, 0.29) is 23.5 Å². The minimum absolute atomic E-state index is 0.137. The van der Waals surface area contributed by atoms with Crippen LogP contribution in [0.3, 0.4) is 0 Å². The minimum Gasteiger partial charge on any atom is -0.477 e. The van der Waals surface area contributed by atoms with E-state index in [2.05, 4.69) is 4.98 Å². The fourth-order valence-electron chi connectivity index (χ4n) is 3.45. The Balaban J connectivity index is 1.80. The summed E-state index contributed by atoms with van der Waals surface area (Å²) in [6.07, 6.45) is 5.92. The van der Waals surface area contributed by atoms with Crippen LogP contribution < -0.4 is 0 Å². The average molecular weight is 356 g/mol. The molecule has 0 spiro atoms. The van der Waals surface area contributed by atoms with Crippen LogP contribution in [0.4, 0.5) is 4.39 Å². The Morgan fingerprint density at radius 3 is 2.65 bits per heavy atom. The summed E-state index contributed by atoms with van der Waals surface area (Å²) in [5, 5.41) is 9.10. The van der Waals surface area contributed by atoms with E-state index in [1.807, 2.05) is 6.07 Å². The van der Waals surface area contributed by atoms with E-state index in [0.29, 0.717) is 18.5 Å². The first-order chi connectivity index (χ1) is 12.5. The molecule has 1 amide bonds. The van der Waals surface area contributed by atoms with Gasteiger partial charge in [0.2, 0.25) is 0 Å². The Kier molecular flexibility index (Phi) is 5.61. The van der Waals surface area contributed by atoms with Crippen LogP contribution in [0, 0.1) is 5.82 Å². The molecular weight excluding hydrogens is 335 g/mol. The number of halogens is 1. The molecule has 1 aromatic carbocycles. The van der Waals surface area contributed by atoms with Gasteiger partial charge in [-0.25, -0.2) is 14.2 Å². The first kappa shape index (κ1) is 18.0. The summed E-state index contributed by atoms with van der Waals surface area (Å²) in [5.41, 5.74) is 1.01. The minimum atomic E-state index is -1.16. The number of carboxylic acid groups (broad SMARTS) is 1. The third kappa shape index (κ3) is 4.25. The number of pyridine rings is 1. The average Bonchev–Trinajstić information content (AvgIpc) is 3.16. The van der Waals surface area contributed by atoms with Gasteiger partial charge in [-0.2, -0.15) is 0 Å². The molecule has 0 aliphatic heterocycles. The number of aromatic carboxylic acids is 1. The lowest BCUT2D eigenvalue weighted by Gasteiger charge is -2.29. The molecule has 0 radical (unpaired) electrons. The molecule has 2 aromatic rings. The monoisotopic (exact) mass is 356 g/mol. The third-order valence-corrected chi connectivity index (χ3v) is 4.78. The molecule has 1 N–H and O–H groups in total. The second-order valence-electron chi connectivity index (χ2n) is 6.55. The van der Waals surface area contributed by atoms with E-state index < -0.39 is 5.97 Å². The second-order valence-corrected chi connectivity index (χ2v) is 6.55. The fourth-order valence-corrected chi connectivity index (χ4v) is 3.45. The third-order valence-electron chi connectivity index (χ3n) is 4.78. The fraction of sp³-hybridized carbons (Fsp3) is 0.350. The Labute approximate surface area is 151 Å². The summed E-state index contributed by atoms with van der Waals surface area (Å²) in [5.74, 6) is -1.65. The van der Waals surface area contributed by atoms with Crippen molar-refractivity contribution < 1.29 is 19.1 Å². The van der Waals surface area contributed by atoms with Crippen LogP contribution >= 0.6 is 0 Å². The topological polar surface area (TPSA) is 70.5 Å². The molecule has 1 aromatic heterocycles. The Morgan fingerprint density at radius 2 is 1.96 bits per heavy atom. The van der Waals surface area contributed by atoms with Crippen molar-refractivity contribution in [2.24, 2.45) is 0 Å². The van der Waals surface area contributed by atoms with Gasteiger partial charge >= 0.3 is 5.97 Å². The number of amides is 1. The first-order valence-electron chi connectivity index (χ1n) is 8.79. The van der Waals surface area contributed by atoms with E-state index in [4.69, 9.17) is 5.11 Å². The van der Waals surface area contributed by atoms with Gasteiger partial charge < -0.3 is 10.0 Å². The maximum Gasteiger partial charge on any atom is 0.354 e. The zero-order chi connectivity index (χ0) is 18.5. The van der Waals surface area contributed by atoms with Crippen LogP contribution in [0.25, 0.3) is 0 Å². The van der Waals surface area contributed by atoms with Gasteiger partial charge in [-0.05, 0) is 49.1 Å². The maximum atomic E-state index is 13.4. The molecule has 1 heterocycles. The van der Waals surface area contributed by atoms with Crippen molar-refractivity contribution in [3.8, 4) is 0 Å². The molecule has 26 heavy (non-hydrogen) atoms. The van der Waals surface area contributed by atoms with Gasteiger partial charge in [0.15, 0.2) is 0 Å². The zero-order valence-electron chi connectivity index (χ0n) is 14.4. The summed E-state index contributed by atoms with van der Waals surface area (Å²) >= 11 is 0. The van der Waals surface area contributed by atoms with Gasteiger partial charge in [0.1, 0.15) is 11.5 Å². The molecule has 1 saturated carbocycles. The van der Waals surface area contributed by atoms with Crippen molar-refractivity contribution >= 4 is 11.9 Å². The zero-order valence-corrected chi connectivity index (χ0v) is 14.4. The number of nitrogens with zero attached hydrogens (tertiary/aromatic N) is 2. The van der Waals surface area contributed by atoms with Gasteiger partial charge in [0.05, 0.1) is 0 Å². The van der Waals surface area contributed by atoms with Crippen molar-refractivity contribution in [2.75, 3.05) is 6.54 Å². The molecule has 1 aliphatic rings. The standard InChI is InChI=1S/C20H21FN2O3/c21-16-5-3-4-14(12-16)9-11-23(17-6-1-2-7-17)19(24)15-8-10-22-18(13-15)20(25)26/h3-5,8,10,12-13,17H,1-2,6-7,9,11H2,(H,25,26). The number of benzene rings is 1. The number of aromatic nitrogens is 1. The second kappa shape index (κ2) is 8.08. The molecule has 0 saturated heterocycles. The number of hydrogen-bond donors (Lipinski definition) is 1. The molecule has 5 nitrogen and oxygen atoms in total. The lowest BCUT2D eigenvalue weighted by molar-refractivity contribution is 0.0683. The van der Waals surface area contributed by atoms with Crippen LogP contribution in [0.15, 0.2) is 42.6 Å². The summed E-state index contributed by atoms with van der Waals surface area (Å²) in [7, 11) is 0. The molecule has 1 fully saturated rings. The van der Waals surface area contributed by atoms with Crippen molar-refractivity contribution in [1.82, 2.24) is 9.88 Å². The van der Waals surface area contributed by atoms with E-state index >= 15 is 0 Å². The van der Waals surface area contributed by atoms with Crippen LogP contribution in [-0.2, 0) is 6.42 Å². The summed E-state index contributed by atoms with van der Waals surface area (Å²) in [6.45, 7) is 0.470. The molecule has 0 atom stereocenters. The van der Waals surface area contributed by atoms with Crippen LogP contribution in [0.1, 0.15) is 52.1 Å². The maximum absolute atomic E-state index is 13.4. The lowest BCUT2D eigenvalue weighted by atomic mass is 10.1. The SMILES string of the molecule is O=C(O)c1cc(C(=O)N(CCc2cccc(F)c2)C2CCCC2)ccn1. The highest BCUT2D eigenvalue weighted by Crippen LogP contribution is 2.25. The molecule has 0 bridgehead atoms. The quantitative estimate of drug-likeness (QED) is 0.859.